The highest BCUT2D eigenvalue weighted by Gasteiger charge is 2.29. The van der Waals surface area contributed by atoms with Gasteiger partial charge < -0.3 is 11.1 Å². The molecule has 0 heterocycles. The Kier molecular flexibility index (Phi) is 8.18. The molecule has 0 rings (SSSR count). The van der Waals surface area contributed by atoms with Crippen molar-refractivity contribution in [2.45, 2.75) is 86.2 Å². The van der Waals surface area contributed by atoms with Crippen LogP contribution in [-0.2, 0) is 4.79 Å². The molecule has 22 heavy (non-hydrogen) atoms. The zero-order valence-corrected chi connectivity index (χ0v) is 15.8. The van der Waals surface area contributed by atoms with Crippen molar-refractivity contribution in [1.29, 1.82) is 0 Å². The molecule has 0 bridgehead atoms. The molecule has 3 heteroatoms. The summed E-state index contributed by atoms with van der Waals surface area (Å²) in [5, 5.41) is 3.14. The van der Waals surface area contributed by atoms with Crippen LogP contribution >= 0.6 is 0 Å². The lowest BCUT2D eigenvalue weighted by Gasteiger charge is -2.33. The monoisotopic (exact) mass is 308 g/mol. The van der Waals surface area contributed by atoms with Gasteiger partial charge in [0.15, 0.2) is 0 Å². The van der Waals surface area contributed by atoms with Crippen molar-refractivity contribution in [3.8, 4) is 11.8 Å². The fraction of sp³-hybridized carbons (Fsp3) is 0.842. The molecule has 128 valence electrons. The van der Waals surface area contributed by atoms with Gasteiger partial charge in [0.2, 0.25) is 5.91 Å². The Balaban J connectivity index is 4.59. The minimum Gasteiger partial charge on any atom is -0.351 e. The maximum absolute atomic E-state index is 12.4. The Hall–Kier alpha value is -1.01. The third-order valence-corrected chi connectivity index (χ3v) is 3.85. The van der Waals surface area contributed by atoms with Gasteiger partial charge in [-0.05, 0) is 52.4 Å². The predicted molar refractivity (Wildman–Crippen MR) is 95.3 cm³/mol. The van der Waals surface area contributed by atoms with Gasteiger partial charge in [-0.1, -0.05) is 27.7 Å². The van der Waals surface area contributed by atoms with Crippen molar-refractivity contribution in [2.75, 3.05) is 0 Å². The Labute approximate surface area is 137 Å². The number of hydrogen-bond donors (Lipinski definition) is 2. The third-order valence-electron chi connectivity index (χ3n) is 3.85. The van der Waals surface area contributed by atoms with Gasteiger partial charge in [-0.3, -0.25) is 4.79 Å². The van der Waals surface area contributed by atoms with Crippen LogP contribution < -0.4 is 11.1 Å². The highest BCUT2D eigenvalue weighted by molar-refractivity contribution is 5.79. The number of carbonyl (C=O) groups excluding carboxylic acids is 1. The topological polar surface area (TPSA) is 55.1 Å². The molecule has 1 amide bonds. The standard InChI is InChI=1S/C19H36N2O/c1-9-10-14(2)11-18(5,6)12-15(3)17(22)21-19(7,8)13-16(4)20/h14-16H,11-13,20H2,1-8H3,(H,21,22). The molecule has 0 spiro atoms. The summed E-state index contributed by atoms with van der Waals surface area (Å²) < 4.78 is 0. The summed E-state index contributed by atoms with van der Waals surface area (Å²) in [7, 11) is 0. The van der Waals surface area contributed by atoms with E-state index in [2.05, 4.69) is 37.9 Å². The van der Waals surface area contributed by atoms with Crippen molar-refractivity contribution in [3.63, 3.8) is 0 Å². The zero-order valence-electron chi connectivity index (χ0n) is 15.8. The molecule has 0 aliphatic rings. The van der Waals surface area contributed by atoms with Gasteiger partial charge in [0.1, 0.15) is 0 Å². The highest BCUT2D eigenvalue weighted by Crippen LogP contribution is 2.32. The molecular weight excluding hydrogens is 272 g/mol. The van der Waals surface area contributed by atoms with Crippen molar-refractivity contribution in [2.24, 2.45) is 23.0 Å². The van der Waals surface area contributed by atoms with Crippen LogP contribution in [0, 0.1) is 29.1 Å². The van der Waals surface area contributed by atoms with Crippen LogP contribution in [0.15, 0.2) is 0 Å². The van der Waals surface area contributed by atoms with Crippen molar-refractivity contribution >= 4 is 5.91 Å². The fourth-order valence-corrected chi connectivity index (χ4v) is 3.44. The number of carbonyl (C=O) groups is 1. The van der Waals surface area contributed by atoms with Gasteiger partial charge in [0.05, 0.1) is 0 Å². The molecule has 0 saturated carbocycles. The molecule has 0 aliphatic carbocycles. The Morgan fingerprint density at radius 2 is 1.64 bits per heavy atom. The van der Waals surface area contributed by atoms with E-state index in [9.17, 15) is 4.79 Å². The normalized spacial score (nSPS) is 16.2. The Morgan fingerprint density at radius 1 is 1.09 bits per heavy atom. The smallest absolute Gasteiger partial charge is 0.223 e. The molecular formula is C19H36N2O. The summed E-state index contributed by atoms with van der Waals surface area (Å²) in [4.78, 5) is 12.4. The van der Waals surface area contributed by atoms with Gasteiger partial charge in [0.25, 0.3) is 0 Å². The molecule has 0 aromatic heterocycles. The Bertz CT molecular complexity index is 413. The maximum atomic E-state index is 12.4. The van der Waals surface area contributed by atoms with E-state index >= 15 is 0 Å². The molecule has 3 atom stereocenters. The second-order valence-corrected chi connectivity index (χ2v) is 8.32. The van der Waals surface area contributed by atoms with Crippen molar-refractivity contribution in [1.82, 2.24) is 5.32 Å². The minimum absolute atomic E-state index is 0.0101. The van der Waals surface area contributed by atoms with Crippen LogP contribution in [0.2, 0.25) is 0 Å². The second-order valence-electron chi connectivity index (χ2n) is 8.32. The molecule has 0 aromatic rings. The predicted octanol–water partition coefficient (Wildman–Crippen LogP) is 3.72. The summed E-state index contributed by atoms with van der Waals surface area (Å²) in [6.45, 7) is 16.5. The first-order chi connectivity index (χ1) is 9.88. The van der Waals surface area contributed by atoms with E-state index in [0.717, 1.165) is 19.3 Å². The van der Waals surface area contributed by atoms with E-state index < -0.39 is 0 Å². The highest BCUT2D eigenvalue weighted by atomic mass is 16.2. The molecule has 0 aromatic carbocycles. The summed E-state index contributed by atoms with van der Waals surface area (Å²) >= 11 is 0. The molecule has 0 aliphatic heterocycles. The molecule has 0 fully saturated rings. The summed E-state index contributed by atoms with van der Waals surface area (Å²) in [5.74, 6) is 6.65. The minimum atomic E-state index is -0.259. The maximum Gasteiger partial charge on any atom is 0.223 e. The average molecular weight is 309 g/mol. The van der Waals surface area contributed by atoms with Crippen LogP contribution in [0.3, 0.4) is 0 Å². The van der Waals surface area contributed by atoms with Crippen molar-refractivity contribution < 1.29 is 4.79 Å². The molecule has 0 saturated heterocycles. The van der Waals surface area contributed by atoms with Crippen LogP contribution in [0.25, 0.3) is 0 Å². The fourth-order valence-electron chi connectivity index (χ4n) is 3.44. The number of amides is 1. The average Bonchev–Trinajstić information content (AvgIpc) is 2.24. The van der Waals surface area contributed by atoms with Crippen LogP contribution in [-0.4, -0.2) is 17.5 Å². The van der Waals surface area contributed by atoms with Gasteiger partial charge in [-0.2, -0.15) is 0 Å². The number of hydrogen-bond acceptors (Lipinski definition) is 2. The molecule has 0 radical (unpaired) electrons. The van der Waals surface area contributed by atoms with Crippen molar-refractivity contribution in [3.05, 3.63) is 0 Å². The zero-order chi connectivity index (χ0) is 17.6. The summed E-state index contributed by atoms with van der Waals surface area (Å²) in [5.41, 5.74) is 5.69. The summed E-state index contributed by atoms with van der Waals surface area (Å²) in [6.07, 6.45) is 2.65. The van der Waals surface area contributed by atoms with Crippen LogP contribution in [0.1, 0.15) is 74.7 Å². The van der Waals surface area contributed by atoms with E-state index in [1.54, 1.807) is 0 Å². The molecule has 3 unspecified atom stereocenters. The number of nitrogens with two attached hydrogens (primary N) is 1. The third kappa shape index (κ3) is 9.10. The Morgan fingerprint density at radius 3 is 2.09 bits per heavy atom. The van der Waals surface area contributed by atoms with E-state index in [4.69, 9.17) is 5.73 Å². The second kappa shape index (κ2) is 8.58. The van der Waals surface area contributed by atoms with Gasteiger partial charge in [-0.15, -0.1) is 11.8 Å². The number of rotatable bonds is 8. The van der Waals surface area contributed by atoms with E-state index in [1.807, 2.05) is 34.6 Å². The lowest BCUT2D eigenvalue weighted by molar-refractivity contribution is -0.127. The SMILES string of the molecule is CC#CC(C)CC(C)(C)CC(C)C(=O)NC(C)(C)CC(C)N. The lowest BCUT2D eigenvalue weighted by Crippen LogP contribution is -2.48. The van der Waals surface area contributed by atoms with Crippen LogP contribution in [0.4, 0.5) is 0 Å². The first-order valence-electron chi connectivity index (χ1n) is 8.38. The number of nitrogens with one attached hydrogen (secondary N) is 1. The molecule has 3 nitrogen and oxygen atoms in total. The lowest BCUT2D eigenvalue weighted by atomic mass is 9.76. The first kappa shape index (κ1) is 21.0. The van der Waals surface area contributed by atoms with Gasteiger partial charge in [-0.25, -0.2) is 0 Å². The quantitative estimate of drug-likeness (QED) is 0.671. The largest absolute Gasteiger partial charge is 0.351 e. The van der Waals surface area contributed by atoms with Crippen LogP contribution in [0.5, 0.6) is 0 Å². The van der Waals surface area contributed by atoms with Gasteiger partial charge >= 0.3 is 0 Å². The van der Waals surface area contributed by atoms with Gasteiger partial charge in [0, 0.05) is 23.4 Å². The molecule has 3 N–H and O–H groups in total. The van der Waals surface area contributed by atoms with E-state index in [-0.39, 0.29) is 28.8 Å². The van der Waals surface area contributed by atoms with E-state index in [0.29, 0.717) is 5.92 Å². The van der Waals surface area contributed by atoms with E-state index in [1.165, 1.54) is 0 Å². The first-order valence-corrected chi connectivity index (χ1v) is 8.38. The summed E-state index contributed by atoms with van der Waals surface area (Å²) in [6, 6.07) is 0.0792.